The van der Waals surface area contributed by atoms with Crippen molar-refractivity contribution in [3.8, 4) is 0 Å². The first-order valence-electron chi connectivity index (χ1n) is 7.96. The van der Waals surface area contributed by atoms with E-state index in [1.165, 1.54) is 12.1 Å². The Kier molecular flexibility index (Phi) is 4.54. The van der Waals surface area contributed by atoms with Crippen molar-refractivity contribution in [3.63, 3.8) is 0 Å². The lowest BCUT2D eigenvalue weighted by atomic mass is 9.97. The Labute approximate surface area is 125 Å². The fraction of sp³-hybridized carbons (Fsp3) is 0.588. The van der Waals surface area contributed by atoms with Crippen LogP contribution in [0, 0.1) is 17.7 Å². The summed E-state index contributed by atoms with van der Waals surface area (Å²) in [5.74, 6) is 0.815. The zero-order valence-corrected chi connectivity index (χ0v) is 12.4. The van der Waals surface area contributed by atoms with Crippen LogP contribution in [-0.2, 0) is 11.2 Å². The standard InChI is InChI=1S/C17H23FN2O/c18-16-5-3-13(4-6-16)10-14-7-9-20(12-14)17(21)15-2-1-8-19-11-15/h3-6,14-15,19H,1-2,7-12H2. The number of nitrogens with one attached hydrogen (secondary N) is 1. The Balaban J connectivity index is 1.52. The normalized spacial score (nSPS) is 26.0. The number of halogens is 1. The lowest BCUT2D eigenvalue weighted by Gasteiger charge is -2.27. The third-order valence-corrected chi connectivity index (χ3v) is 4.68. The number of nitrogens with zero attached hydrogens (tertiary/aromatic N) is 1. The predicted molar refractivity (Wildman–Crippen MR) is 80.4 cm³/mol. The molecular weight excluding hydrogens is 267 g/mol. The Morgan fingerprint density at radius 1 is 1.29 bits per heavy atom. The molecular formula is C17H23FN2O. The molecule has 1 aromatic carbocycles. The van der Waals surface area contributed by atoms with Crippen LogP contribution in [0.4, 0.5) is 4.39 Å². The maximum Gasteiger partial charge on any atom is 0.226 e. The van der Waals surface area contributed by atoms with E-state index in [0.29, 0.717) is 11.8 Å². The summed E-state index contributed by atoms with van der Waals surface area (Å²) < 4.78 is 12.9. The number of likely N-dealkylation sites (tertiary alicyclic amines) is 1. The van der Waals surface area contributed by atoms with E-state index in [1.54, 1.807) is 0 Å². The molecule has 2 heterocycles. The summed E-state index contributed by atoms with van der Waals surface area (Å²) in [5, 5.41) is 3.31. The summed E-state index contributed by atoms with van der Waals surface area (Å²) in [6, 6.07) is 6.73. The van der Waals surface area contributed by atoms with Crippen molar-refractivity contribution in [2.75, 3.05) is 26.2 Å². The van der Waals surface area contributed by atoms with Crippen LogP contribution < -0.4 is 5.32 Å². The maximum atomic E-state index is 12.9. The highest BCUT2D eigenvalue weighted by Crippen LogP contribution is 2.24. The van der Waals surface area contributed by atoms with Gasteiger partial charge in [-0.05, 0) is 55.8 Å². The van der Waals surface area contributed by atoms with Gasteiger partial charge in [-0.2, -0.15) is 0 Å². The third kappa shape index (κ3) is 3.62. The summed E-state index contributed by atoms with van der Waals surface area (Å²) in [6.07, 6.45) is 4.12. The minimum Gasteiger partial charge on any atom is -0.342 e. The van der Waals surface area contributed by atoms with E-state index < -0.39 is 0 Å². The fourth-order valence-corrected chi connectivity index (χ4v) is 3.47. The number of carbonyl (C=O) groups excluding carboxylic acids is 1. The number of piperidine rings is 1. The average Bonchev–Trinajstić information content (AvgIpc) is 2.98. The largest absolute Gasteiger partial charge is 0.342 e. The van der Waals surface area contributed by atoms with E-state index in [2.05, 4.69) is 5.32 Å². The number of carbonyl (C=O) groups is 1. The van der Waals surface area contributed by atoms with Crippen LogP contribution in [0.1, 0.15) is 24.8 Å². The second-order valence-corrected chi connectivity index (χ2v) is 6.31. The van der Waals surface area contributed by atoms with E-state index in [1.807, 2.05) is 17.0 Å². The van der Waals surface area contributed by atoms with Crippen molar-refractivity contribution >= 4 is 5.91 Å². The predicted octanol–water partition coefficient (Wildman–Crippen LogP) is 2.22. The molecule has 2 unspecified atom stereocenters. The van der Waals surface area contributed by atoms with Crippen LogP contribution in [-0.4, -0.2) is 37.0 Å². The first kappa shape index (κ1) is 14.5. The van der Waals surface area contributed by atoms with Crippen LogP contribution in [0.2, 0.25) is 0 Å². The molecule has 0 aliphatic carbocycles. The minimum absolute atomic E-state index is 0.170. The van der Waals surface area contributed by atoms with Crippen LogP contribution in [0.5, 0.6) is 0 Å². The molecule has 0 spiro atoms. The van der Waals surface area contributed by atoms with Gasteiger partial charge >= 0.3 is 0 Å². The van der Waals surface area contributed by atoms with Gasteiger partial charge in [0.1, 0.15) is 5.82 Å². The Hall–Kier alpha value is -1.42. The van der Waals surface area contributed by atoms with Gasteiger partial charge in [0.25, 0.3) is 0 Å². The quantitative estimate of drug-likeness (QED) is 0.926. The van der Waals surface area contributed by atoms with Crippen molar-refractivity contribution in [1.29, 1.82) is 0 Å². The molecule has 21 heavy (non-hydrogen) atoms. The highest BCUT2D eigenvalue weighted by molar-refractivity contribution is 5.79. The second kappa shape index (κ2) is 6.56. The highest BCUT2D eigenvalue weighted by atomic mass is 19.1. The van der Waals surface area contributed by atoms with E-state index in [9.17, 15) is 9.18 Å². The minimum atomic E-state index is -0.188. The van der Waals surface area contributed by atoms with Gasteiger partial charge in [-0.25, -0.2) is 4.39 Å². The van der Waals surface area contributed by atoms with Gasteiger partial charge in [-0.3, -0.25) is 4.79 Å². The van der Waals surface area contributed by atoms with Gasteiger partial charge in [0.2, 0.25) is 5.91 Å². The molecule has 2 fully saturated rings. The molecule has 0 bridgehead atoms. The summed E-state index contributed by atoms with van der Waals surface area (Å²) in [6.45, 7) is 3.60. The highest BCUT2D eigenvalue weighted by Gasteiger charge is 2.31. The topological polar surface area (TPSA) is 32.3 Å². The molecule has 114 valence electrons. The molecule has 0 saturated carbocycles. The zero-order valence-electron chi connectivity index (χ0n) is 12.4. The Morgan fingerprint density at radius 3 is 2.81 bits per heavy atom. The van der Waals surface area contributed by atoms with Gasteiger partial charge in [0.05, 0.1) is 5.92 Å². The van der Waals surface area contributed by atoms with Crippen molar-refractivity contribution in [3.05, 3.63) is 35.6 Å². The van der Waals surface area contributed by atoms with Crippen LogP contribution in [0.3, 0.4) is 0 Å². The first-order valence-corrected chi connectivity index (χ1v) is 7.96. The second-order valence-electron chi connectivity index (χ2n) is 6.31. The molecule has 3 nitrogen and oxygen atoms in total. The van der Waals surface area contributed by atoms with E-state index in [-0.39, 0.29) is 11.7 Å². The fourth-order valence-electron chi connectivity index (χ4n) is 3.47. The lowest BCUT2D eigenvalue weighted by Crippen LogP contribution is -2.42. The molecule has 1 amide bonds. The van der Waals surface area contributed by atoms with Crippen LogP contribution in [0.15, 0.2) is 24.3 Å². The Morgan fingerprint density at radius 2 is 2.10 bits per heavy atom. The van der Waals surface area contributed by atoms with Gasteiger partial charge < -0.3 is 10.2 Å². The number of rotatable bonds is 3. The molecule has 4 heteroatoms. The number of hydrogen-bond donors (Lipinski definition) is 1. The van der Waals surface area contributed by atoms with Crippen LogP contribution >= 0.6 is 0 Å². The number of amides is 1. The van der Waals surface area contributed by atoms with E-state index >= 15 is 0 Å². The summed E-state index contributed by atoms with van der Waals surface area (Å²) in [5.41, 5.74) is 1.16. The monoisotopic (exact) mass is 290 g/mol. The van der Waals surface area contributed by atoms with Crippen molar-refractivity contribution in [2.24, 2.45) is 11.8 Å². The Bertz CT molecular complexity index is 482. The molecule has 2 aliphatic heterocycles. The first-order chi connectivity index (χ1) is 10.2. The van der Waals surface area contributed by atoms with Gasteiger partial charge in [-0.1, -0.05) is 12.1 Å². The summed E-state index contributed by atoms with van der Waals surface area (Å²) in [4.78, 5) is 14.5. The maximum absolute atomic E-state index is 12.9. The third-order valence-electron chi connectivity index (χ3n) is 4.68. The number of benzene rings is 1. The van der Waals surface area contributed by atoms with Gasteiger partial charge in [0, 0.05) is 19.6 Å². The molecule has 3 rings (SSSR count). The van der Waals surface area contributed by atoms with Gasteiger partial charge in [0.15, 0.2) is 0 Å². The molecule has 2 atom stereocenters. The average molecular weight is 290 g/mol. The van der Waals surface area contributed by atoms with Gasteiger partial charge in [-0.15, -0.1) is 0 Å². The van der Waals surface area contributed by atoms with Crippen LogP contribution in [0.25, 0.3) is 0 Å². The number of hydrogen-bond acceptors (Lipinski definition) is 2. The van der Waals surface area contributed by atoms with E-state index in [0.717, 1.165) is 57.4 Å². The van der Waals surface area contributed by atoms with Crippen molar-refractivity contribution in [1.82, 2.24) is 10.2 Å². The summed E-state index contributed by atoms with van der Waals surface area (Å²) >= 11 is 0. The SMILES string of the molecule is O=C(C1CCCNC1)N1CCC(Cc2ccc(F)cc2)C1. The molecule has 2 saturated heterocycles. The molecule has 0 radical (unpaired) electrons. The molecule has 1 N–H and O–H groups in total. The summed E-state index contributed by atoms with van der Waals surface area (Å²) in [7, 11) is 0. The molecule has 1 aromatic rings. The van der Waals surface area contributed by atoms with Crippen molar-refractivity contribution in [2.45, 2.75) is 25.7 Å². The smallest absolute Gasteiger partial charge is 0.226 e. The molecule has 2 aliphatic rings. The van der Waals surface area contributed by atoms with Crippen molar-refractivity contribution < 1.29 is 9.18 Å². The zero-order chi connectivity index (χ0) is 14.7. The molecule has 0 aromatic heterocycles. The van der Waals surface area contributed by atoms with E-state index in [4.69, 9.17) is 0 Å². The lowest BCUT2D eigenvalue weighted by molar-refractivity contribution is -0.135.